The summed E-state index contributed by atoms with van der Waals surface area (Å²) < 4.78 is 5.79. The van der Waals surface area contributed by atoms with E-state index < -0.39 is 0 Å². The first kappa shape index (κ1) is 22.7. The van der Waals surface area contributed by atoms with Crippen molar-refractivity contribution < 1.29 is 14.3 Å². The second kappa shape index (κ2) is 10.9. The first-order chi connectivity index (χ1) is 14.9. The van der Waals surface area contributed by atoms with E-state index in [-0.39, 0.29) is 16.9 Å². The molecular weight excluding hydrogens is 410 g/mol. The number of likely N-dealkylation sites (tertiary alicyclic amines) is 1. The van der Waals surface area contributed by atoms with Gasteiger partial charge < -0.3 is 15.0 Å². The molecule has 0 atom stereocenters. The first-order valence-electron chi connectivity index (χ1n) is 10.7. The van der Waals surface area contributed by atoms with Gasteiger partial charge in [0.05, 0.1) is 12.2 Å². The molecule has 1 heterocycles. The summed E-state index contributed by atoms with van der Waals surface area (Å²) in [5, 5.41) is 5.86. The average molecular weight is 440 g/mol. The lowest BCUT2D eigenvalue weighted by molar-refractivity contribution is 0.0792. The van der Waals surface area contributed by atoms with Gasteiger partial charge in [0.25, 0.3) is 11.8 Å². The van der Waals surface area contributed by atoms with E-state index in [1.807, 2.05) is 11.0 Å². The Bertz CT molecular complexity index is 922. The molecule has 2 N–H and O–H groups in total. The van der Waals surface area contributed by atoms with Crippen LogP contribution >= 0.6 is 12.2 Å². The van der Waals surface area contributed by atoms with Gasteiger partial charge in [-0.25, -0.2) is 0 Å². The molecule has 1 fully saturated rings. The zero-order chi connectivity index (χ0) is 22.2. The molecule has 7 heteroatoms. The molecule has 0 saturated carbocycles. The summed E-state index contributed by atoms with van der Waals surface area (Å²) >= 11 is 5.29. The highest BCUT2D eigenvalue weighted by Gasteiger charge is 2.19. The molecule has 0 radical (unpaired) electrons. The summed E-state index contributed by atoms with van der Waals surface area (Å²) in [5.74, 6) is 0.774. The number of amides is 2. The van der Waals surface area contributed by atoms with Gasteiger partial charge in [-0.15, -0.1) is 0 Å². The van der Waals surface area contributed by atoms with Crippen molar-refractivity contribution in [1.82, 2.24) is 10.2 Å². The lowest BCUT2D eigenvalue weighted by Gasteiger charge is -2.16. The van der Waals surface area contributed by atoms with Gasteiger partial charge in [-0.3, -0.25) is 14.9 Å². The summed E-state index contributed by atoms with van der Waals surface area (Å²) in [6, 6.07) is 14.2. The zero-order valence-corrected chi connectivity index (χ0v) is 18.8. The van der Waals surface area contributed by atoms with Gasteiger partial charge in [0, 0.05) is 24.3 Å². The van der Waals surface area contributed by atoms with E-state index in [2.05, 4.69) is 24.5 Å². The topological polar surface area (TPSA) is 70.7 Å². The van der Waals surface area contributed by atoms with Crippen LogP contribution in [0.3, 0.4) is 0 Å². The Morgan fingerprint density at radius 2 is 1.74 bits per heavy atom. The Kier molecular flexibility index (Phi) is 8.00. The smallest absolute Gasteiger partial charge is 0.261 e. The molecule has 2 amide bonds. The predicted octanol–water partition coefficient (Wildman–Crippen LogP) is 4.47. The van der Waals surface area contributed by atoms with Crippen LogP contribution in [0.1, 0.15) is 53.8 Å². The van der Waals surface area contributed by atoms with Gasteiger partial charge in [0.2, 0.25) is 0 Å². The number of anilines is 1. The summed E-state index contributed by atoms with van der Waals surface area (Å²) in [6.07, 6.45) is 3.03. The number of para-hydroxylation sites is 1. The quantitative estimate of drug-likeness (QED) is 0.623. The van der Waals surface area contributed by atoms with Crippen LogP contribution in [0.4, 0.5) is 5.69 Å². The summed E-state index contributed by atoms with van der Waals surface area (Å²) in [4.78, 5) is 27.0. The number of hydrogen-bond acceptors (Lipinski definition) is 4. The lowest BCUT2D eigenvalue weighted by atomic mass is 10.1. The predicted molar refractivity (Wildman–Crippen MR) is 127 cm³/mol. The van der Waals surface area contributed by atoms with Gasteiger partial charge in [0.1, 0.15) is 5.75 Å². The molecule has 6 nitrogen and oxygen atoms in total. The minimum atomic E-state index is -0.335. The Labute approximate surface area is 189 Å². The maximum absolute atomic E-state index is 12.7. The number of benzene rings is 2. The van der Waals surface area contributed by atoms with E-state index in [1.54, 1.807) is 42.5 Å². The number of thiocarbonyl (C=S) groups is 1. The summed E-state index contributed by atoms with van der Waals surface area (Å²) in [7, 11) is 0. The van der Waals surface area contributed by atoms with E-state index in [0.717, 1.165) is 32.4 Å². The third kappa shape index (κ3) is 6.52. The molecule has 0 bridgehead atoms. The molecule has 1 aliphatic heterocycles. The number of carbonyl (C=O) groups is 2. The van der Waals surface area contributed by atoms with Crippen molar-refractivity contribution in [2.24, 2.45) is 5.92 Å². The monoisotopic (exact) mass is 439 g/mol. The molecule has 0 aromatic heterocycles. The zero-order valence-electron chi connectivity index (χ0n) is 18.0. The normalized spacial score (nSPS) is 13.2. The van der Waals surface area contributed by atoms with Crippen LogP contribution in [-0.2, 0) is 0 Å². The molecule has 0 spiro atoms. The highest BCUT2D eigenvalue weighted by molar-refractivity contribution is 7.80. The third-order valence-electron chi connectivity index (χ3n) is 5.09. The molecule has 3 rings (SSSR count). The Morgan fingerprint density at radius 1 is 1.06 bits per heavy atom. The molecule has 1 saturated heterocycles. The highest BCUT2D eigenvalue weighted by Crippen LogP contribution is 2.19. The van der Waals surface area contributed by atoms with Crippen LogP contribution in [0.15, 0.2) is 48.5 Å². The fourth-order valence-electron chi connectivity index (χ4n) is 3.32. The van der Waals surface area contributed by atoms with Crippen molar-refractivity contribution >= 4 is 34.8 Å². The standard InChI is InChI=1S/C24H29N3O3S/c1-17(2)13-16-30-21-8-4-3-7-20(21)22(28)26-24(31)25-19-11-9-18(10-12-19)23(29)27-14-5-6-15-27/h3-4,7-12,17H,5-6,13-16H2,1-2H3,(H2,25,26,28,31). The van der Waals surface area contributed by atoms with E-state index in [0.29, 0.717) is 35.1 Å². The Balaban J connectivity index is 1.56. The summed E-state index contributed by atoms with van der Waals surface area (Å²) in [6.45, 7) is 6.43. The third-order valence-corrected chi connectivity index (χ3v) is 5.30. The van der Waals surface area contributed by atoms with Crippen molar-refractivity contribution in [3.8, 4) is 5.75 Å². The minimum Gasteiger partial charge on any atom is -0.493 e. The number of nitrogens with one attached hydrogen (secondary N) is 2. The molecule has 2 aromatic rings. The van der Waals surface area contributed by atoms with Crippen molar-refractivity contribution in [2.75, 3.05) is 25.0 Å². The van der Waals surface area contributed by atoms with Crippen LogP contribution in [-0.4, -0.2) is 41.5 Å². The minimum absolute atomic E-state index is 0.0500. The summed E-state index contributed by atoms with van der Waals surface area (Å²) in [5.41, 5.74) is 1.78. The first-order valence-corrected chi connectivity index (χ1v) is 11.1. The van der Waals surface area contributed by atoms with Crippen molar-refractivity contribution in [3.63, 3.8) is 0 Å². The molecule has 0 aliphatic carbocycles. The molecule has 1 aliphatic rings. The SMILES string of the molecule is CC(C)CCOc1ccccc1C(=O)NC(=S)Nc1ccc(C(=O)N2CCCC2)cc1. The molecule has 0 unspecified atom stereocenters. The molecular formula is C24H29N3O3S. The van der Waals surface area contributed by atoms with E-state index in [4.69, 9.17) is 17.0 Å². The lowest BCUT2D eigenvalue weighted by Crippen LogP contribution is -2.34. The Morgan fingerprint density at radius 3 is 2.42 bits per heavy atom. The highest BCUT2D eigenvalue weighted by atomic mass is 32.1. The number of rotatable bonds is 7. The van der Waals surface area contributed by atoms with E-state index >= 15 is 0 Å². The second-order valence-corrected chi connectivity index (χ2v) is 8.42. The van der Waals surface area contributed by atoms with Gasteiger partial charge in [0.15, 0.2) is 5.11 Å². The fourth-order valence-corrected chi connectivity index (χ4v) is 3.53. The number of hydrogen-bond donors (Lipinski definition) is 2. The van der Waals surface area contributed by atoms with Crippen molar-refractivity contribution in [1.29, 1.82) is 0 Å². The molecule has 2 aromatic carbocycles. The number of carbonyl (C=O) groups excluding carboxylic acids is 2. The van der Waals surface area contributed by atoms with Crippen LogP contribution < -0.4 is 15.4 Å². The van der Waals surface area contributed by atoms with Crippen LogP contribution in [0.2, 0.25) is 0 Å². The Hall–Kier alpha value is -2.93. The van der Waals surface area contributed by atoms with Crippen LogP contribution in [0.5, 0.6) is 5.75 Å². The second-order valence-electron chi connectivity index (χ2n) is 8.01. The molecule has 164 valence electrons. The van der Waals surface area contributed by atoms with Crippen molar-refractivity contribution in [3.05, 3.63) is 59.7 Å². The average Bonchev–Trinajstić information content (AvgIpc) is 3.28. The number of ether oxygens (including phenoxy) is 1. The van der Waals surface area contributed by atoms with Crippen LogP contribution in [0, 0.1) is 5.92 Å². The largest absolute Gasteiger partial charge is 0.493 e. The molecule has 31 heavy (non-hydrogen) atoms. The van der Waals surface area contributed by atoms with Crippen LogP contribution in [0.25, 0.3) is 0 Å². The van der Waals surface area contributed by atoms with Gasteiger partial charge in [-0.05, 0) is 73.8 Å². The van der Waals surface area contributed by atoms with Gasteiger partial charge >= 0.3 is 0 Å². The maximum atomic E-state index is 12.7. The van der Waals surface area contributed by atoms with E-state index in [9.17, 15) is 9.59 Å². The van der Waals surface area contributed by atoms with Gasteiger partial charge in [-0.2, -0.15) is 0 Å². The van der Waals surface area contributed by atoms with Gasteiger partial charge in [-0.1, -0.05) is 26.0 Å². The fraction of sp³-hybridized carbons (Fsp3) is 0.375. The van der Waals surface area contributed by atoms with Crippen molar-refractivity contribution in [2.45, 2.75) is 33.1 Å². The number of nitrogens with zero attached hydrogens (tertiary/aromatic N) is 1. The van der Waals surface area contributed by atoms with E-state index in [1.165, 1.54) is 0 Å². The maximum Gasteiger partial charge on any atom is 0.261 e.